The Balaban J connectivity index is 1.55. The average molecular weight is 356 g/mol. The Hall–Kier alpha value is -3.73. The van der Waals surface area contributed by atoms with Crippen molar-refractivity contribution in [2.45, 2.75) is 6.61 Å². The number of carbonyl (C=O) groups excluding carboxylic acids is 2. The molecule has 5 nitrogen and oxygen atoms in total. The van der Waals surface area contributed by atoms with E-state index in [0.717, 1.165) is 11.3 Å². The van der Waals surface area contributed by atoms with Gasteiger partial charge in [-0.15, -0.1) is 0 Å². The summed E-state index contributed by atoms with van der Waals surface area (Å²) < 4.78 is 5.72. The zero-order chi connectivity index (χ0) is 18.6. The predicted octanol–water partition coefficient (Wildman–Crippen LogP) is 3.47. The molecule has 0 saturated heterocycles. The van der Waals surface area contributed by atoms with Crippen LogP contribution in [0.2, 0.25) is 0 Å². The number of pyridine rings is 1. The van der Waals surface area contributed by atoms with Crippen LogP contribution in [0.25, 0.3) is 11.6 Å². The van der Waals surface area contributed by atoms with Crippen molar-refractivity contribution in [3.05, 3.63) is 95.3 Å². The molecule has 132 valence electrons. The molecular weight excluding hydrogens is 340 g/mol. The van der Waals surface area contributed by atoms with Crippen molar-refractivity contribution in [3.63, 3.8) is 0 Å². The normalized spacial score (nSPS) is 14.6. The van der Waals surface area contributed by atoms with Crippen molar-refractivity contribution in [3.8, 4) is 5.75 Å². The summed E-state index contributed by atoms with van der Waals surface area (Å²) in [4.78, 5) is 28.4. The monoisotopic (exact) mass is 356 g/mol. The third-order valence-electron chi connectivity index (χ3n) is 4.24. The number of benzene rings is 2. The first-order valence-corrected chi connectivity index (χ1v) is 8.50. The molecule has 0 spiro atoms. The highest BCUT2D eigenvalue weighted by molar-refractivity contribution is 6.33. The van der Waals surface area contributed by atoms with E-state index in [9.17, 15) is 9.59 Å². The van der Waals surface area contributed by atoms with Gasteiger partial charge in [0, 0.05) is 17.3 Å². The molecular formula is C22H16N2O3. The maximum absolute atomic E-state index is 12.3. The standard InChI is InChI=1S/C22H16N2O3/c25-21-19-7-2-1-6-18(19)20(22(26)24-21)13-15-8-10-17(11-9-15)27-14-16-5-3-4-12-23-16/h1-13H,14H2,(H,24,25,26)/b20-13-. The molecule has 4 rings (SSSR count). The lowest BCUT2D eigenvalue weighted by atomic mass is 9.93. The highest BCUT2D eigenvalue weighted by atomic mass is 16.5. The molecule has 0 unspecified atom stereocenters. The highest BCUT2D eigenvalue weighted by Gasteiger charge is 2.26. The van der Waals surface area contributed by atoms with Gasteiger partial charge in [-0.2, -0.15) is 0 Å². The number of amides is 2. The van der Waals surface area contributed by atoms with Gasteiger partial charge in [0.05, 0.1) is 5.69 Å². The molecule has 0 fully saturated rings. The Bertz CT molecular complexity index is 1020. The maximum atomic E-state index is 12.3. The second-order valence-corrected chi connectivity index (χ2v) is 6.07. The van der Waals surface area contributed by atoms with Gasteiger partial charge in [0.1, 0.15) is 12.4 Å². The van der Waals surface area contributed by atoms with Crippen LogP contribution in [0.1, 0.15) is 27.2 Å². The van der Waals surface area contributed by atoms with E-state index in [1.54, 1.807) is 30.5 Å². The van der Waals surface area contributed by atoms with E-state index in [2.05, 4.69) is 10.3 Å². The van der Waals surface area contributed by atoms with E-state index in [1.807, 2.05) is 48.5 Å². The summed E-state index contributed by atoms with van der Waals surface area (Å²) in [6, 6.07) is 20.2. The lowest BCUT2D eigenvalue weighted by molar-refractivity contribution is -0.114. The molecule has 0 saturated carbocycles. The lowest BCUT2D eigenvalue weighted by Crippen LogP contribution is -2.36. The third-order valence-corrected chi connectivity index (χ3v) is 4.24. The first-order chi connectivity index (χ1) is 13.2. The van der Waals surface area contributed by atoms with Gasteiger partial charge < -0.3 is 4.74 Å². The smallest absolute Gasteiger partial charge is 0.258 e. The second kappa shape index (κ2) is 7.25. The van der Waals surface area contributed by atoms with Gasteiger partial charge in [0.2, 0.25) is 0 Å². The molecule has 1 aromatic heterocycles. The van der Waals surface area contributed by atoms with Gasteiger partial charge in [-0.25, -0.2) is 0 Å². The number of fused-ring (bicyclic) bond motifs is 1. The topological polar surface area (TPSA) is 68.3 Å². The number of aromatic nitrogens is 1. The van der Waals surface area contributed by atoms with Crippen LogP contribution < -0.4 is 10.1 Å². The van der Waals surface area contributed by atoms with Crippen LogP contribution in [-0.4, -0.2) is 16.8 Å². The lowest BCUT2D eigenvalue weighted by Gasteiger charge is -2.18. The van der Waals surface area contributed by atoms with Gasteiger partial charge in [-0.1, -0.05) is 36.4 Å². The van der Waals surface area contributed by atoms with E-state index < -0.39 is 5.91 Å². The molecule has 1 aliphatic rings. The van der Waals surface area contributed by atoms with Crippen molar-refractivity contribution in [2.24, 2.45) is 0 Å². The van der Waals surface area contributed by atoms with Gasteiger partial charge in [-0.3, -0.25) is 19.9 Å². The number of ether oxygens (including phenoxy) is 1. The summed E-state index contributed by atoms with van der Waals surface area (Å²) in [7, 11) is 0. The molecule has 1 aliphatic heterocycles. The summed E-state index contributed by atoms with van der Waals surface area (Å²) in [5.74, 6) is -0.0494. The van der Waals surface area contributed by atoms with Crippen molar-refractivity contribution in [2.75, 3.05) is 0 Å². The van der Waals surface area contributed by atoms with Gasteiger partial charge in [0.15, 0.2) is 0 Å². The second-order valence-electron chi connectivity index (χ2n) is 6.07. The zero-order valence-electron chi connectivity index (χ0n) is 14.4. The van der Waals surface area contributed by atoms with Crippen LogP contribution in [0.4, 0.5) is 0 Å². The minimum absolute atomic E-state index is 0.369. The van der Waals surface area contributed by atoms with E-state index in [1.165, 1.54) is 0 Å². The number of nitrogens with zero attached hydrogens (tertiary/aromatic N) is 1. The summed E-state index contributed by atoms with van der Waals surface area (Å²) in [5, 5.41) is 2.38. The molecule has 3 aromatic rings. The molecule has 27 heavy (non-hydrogen) atoms. The van der Waals surface area contributed by atoms with Crippen LogP contribution in [0.3, 0.4) is 0 Å². The van der Waals surface area contributed by atoms with E-state index in [4.69, 9.17) is 4.74 Å². The Morgan fingerprint density at radius 2 is 1.59 bits per heavy atom. The quantitative estimate of drug-likeness (QED) is 0.574. The number of nitrogens with one attached hydrogen (secondary N) is 1. The Morgan fingerprint density at radius 1 is 0.852 bits per heavy atom. The first kappa shape index (κ1) is 16.7. The molecule has 0 bridgehead atoms. The molecule has 2 heterocycles. The molecule has 0 aliphatic carbocycles. The summed E-state index contributed by atoms with van der Waals surface area (Å²) in [6.07, 6.45) is 3.49. The van der Waals surface area contributed by atoms with Crippen LogP contribution in [0.15, 0.2) is 72.9 Å². The number of hydrogen-bond donors (Lipinski definition) is 1. The van der Waals surface area contributed by atoms with Crippen LogP contribution >= 0.6 is 0 Å². The average Bonchev–Trinajstić information content (AvgIpc) is 2.71. The van der Waals surface area contributed by atoms with Gasteiger partial charge >= 0.3 is 0 Å². The third kappa shape index (κ3) is 3.62. The van der Waals surface area contributed by atoms with E-state index >= 15 is 0 Å². The zero-order valence-corrected chi connectivity index (χ0v) is 14.4. The SMILES string of the molecule is O=C1NC(=O)c2ccccc2/C1=C/c1ccc(OCc2ccccn2)cc1. The minimum atomic E-state index is -0.394. The van der Waals surface area contributed by atoms with Gasteiger partial charge in [-0.05, 0) is 47.5 Å². The number of rotatable bonds is 4. The van der Waals surface area contributed by atoms with Crippen molar-refractivity contribution in [1.82, 2.24) is 10.3 Å². The summed E-state index contributed by atoms with van der Waals surface area (Å²) in [6.45, 7) is 0.388. The van der Waals surface area contributed by atoms with Crippen molar-refractivity contribution in [1.29, 1.82) is 0 Å². The molecule has 2 amide bonds. The summed E-state index contributed by atoms with van der Waals surface area (Å²) in [5.41, 5.74) is 3.30. The fourth-order valence-electron chi connectivity index (χ4n) is 2.89. The number of imide groups is 1. The molecule has 1 N–H and O–H groups in total. The maximum Gasteiger partial charge on any atom is 0.258 e. The summed E-state index contributed by atoms with van der Waals surface area (Å²) >= 11 is 0. The van der Waals surface area contributed by atoms with Crippen molar-refractivity contribution < 1.29 is 14.3 Å². The Kier molecular flexibility index (Phi) is 4.49. The van der Waals surface area contributed by atoms with E-state index in [-0.39, 0.29) is 5.91 Å². The van der Waals surface area contributed by atoms with Crippen molar-refractivity contribution >= 4 is 23.5 Å². The molecule has 2 aromatic carbocycles. The predicted molar refractivity (Wildman–Crippen MR) is 102 cm³/mol. The number of carbonyl (C=O) groups is 2. The van der Waals surface area contributed by atoms with Crippen LogP contribution in [0, 0.1) is 0 Å². The highest BCUT2D eigenvalue weighted by Crippen LogP contribution is 2.26. The fourth-order valence-corrected chi connectivity index (χ4v) is 2.89. The number of hydrogen-bond acceptors (Lipinski definition) is 4. The molecule has 5 heteroatoms. The van der Waals surface area contributed by atoms with E-state index in [0.29, 0.717) is 29.1 Å². The fraction of sp³-hybridized carbons (Fsp3) is 0.0455. The van der Waals surface area contributed by atoms with Gasteiger partial charge in [0.25, 0.3) is 11.8 Å². The first-order valence-electron chi connectivity index (χ1n) is 8.50. The molecule has 0 atom stereocenters. The Morgan fingerprint density at radius 3 is 2.33 bits per heavy atom. The van der Waals surface area contributed by atoms with Crippen LogP contribution in [0.5, 0.6) is 5.75 Å². The largest absolute Gasteiger partial charge is 0.487 e. The minimum Gasteiger partial charge on any atom is -0.487 e. The molecule has 0 radical (unpaired) electrons. The Labute approximate surface area is 156 Å². The van der Waals surface area contributed by atoms with Crippen LogP contribution in [-0.2, 0) is 11.4 Å².